The number of halogens is 1. The van der Waals surface area contributed by atoms with E-state index in [1.165, 1.54) is 24.4 Å². The number of rotatable bonds is 4. The molecule has 20 heavy (non-hydrogen) atoms. The molecule has 0 saturated heterocycles. The number of nitrogens with zero attached hydrogens (tertiary/aromatic N) is 2. The van der Waals surface area contributed by atoms with Crippen molar-refractivity contribution < 1.29 is 14.8 Å². The molecule has 1 aromatic carbocycles. The Hall–Kier alpha value is -2.18. The molecule has 2 rings (SSSR count). The third-order valence-electron chi connectivity index (χ3n) is 2.59. The van der Waals surface area contributed by atoms with E-state index in [0.29, 0.717) is 5.56 Å². The summed E-state index contributed by atoms with van der Waals surface area (Å²) in [6.45, 7) is 1.55. The van der Waals surface area contributed by atoms with E-state index < -0.39 is 11.0 Å². The van der Waals surface area contributed by atoms with Gasteiger partial charge in [-0.25, -0.2) is 4.98 Å². The second kappa shape index (κ2) is 5.85. The lowest BCUT2D eigenvalue weighted by molar-refractivity contribution is -0.385. The molecule has 0 spiro atoms. The number of aromatic nitrogens is 1. The zero-order valence-corrected chi connectivity index (χ0v) is 11.2. The van der Waals surface area contributed by atoms with Gasteiger partial charge in [0, 0.05) is 17.8 Å². The largest absolute Gasteiger partial charge is 0.430 e. The van der Waals surface area contributed by atoms with Gasteiger partial charge in [-0.15, -0.1) is 0 Å². The van der Waals surface area contributed by atoms with Gasteiger partial charge in [0.2, 0.25) is 11.6 Å². The molecule has 0 aliphatic heterocycles. The van der Waals surface area contributed by atoms with E-state index >= 15 is 0 Å². The maximum atomic E-state index is 11.0. The Morgan fingerprint density at radius 1 is 1.40 bits per heavy atom. The van der Waals surface area contributed by atoms with Crippen molar-refractivity contribution in [2.75, 3.05) is 0 Å². The molecular weight excluding hydrogens is 284 g/mol. The van der Waals surface area contributed by atoms with Crippen LogP contribution in [0, 0.1) is 10.1 Å². The molecule has 1 N–H and O–H groups in total. The highest BCUT2D eigenvalue weighted by molar-refractivity contribution is 6.32. The van der Waals surface area contributed by atoms with E-state index in [2.05, 4.69) is 4.98 Å². The lowest BCUT2D eigenvalue weighted by Gasteiger charge is -2.12. The van der Waals surface area contributed by atoms with Gasteiger partial charge in [-0.3, -0.25) is 10.1 Å². The number of hydrogen-bond donors (Lipinski definition) is 1. The van der Waals surface area contributed by atoms with Crippen molar-refractivity contribution in [3.63, 3.8) is 0 Å². The summed E-state index contributed by atoms with van der Waals surface area (Å²) >= 11 is 5.94. The molecule has 0 fully saturated rings. The third-order valence-corrected chi connectivity index (χ3v) is 2.89. The molecule has 1 aromatic heterocycles. The predicted molar refractivity (Wildman–Crippen MR) is 73.1 cm³/mol. The maximum Gasteiger partial charge on any atom is 0.313 e. The van der Waals surface area contributed by atoms with Gasteiger partial charge in [-0.05, 0) is 25.1 Å². The van der Waals surface area contributed by atoms with Crippen LogP contribution in [-0.4, -0.2) is 15.0 Å². The maximum absolute atomic E-state index is 11.0. The summed E-state index contributed by atoms with van der Waals surface area (Å²) in [5.41, 5.74) is 0.154. The van der Waals surface area contributed by atoms with E-state index in [1.54, 1.807) is 19.1 Å². The molecule has 104 valence electrons. The second-order valence-corrected chi connectivity index (χ2v) is 4.43. The van der Waals surface area contributed by atoms with Crippen LogP contribution >= 0.6 is 11.6 Å². The molecule has 0 aliphatic carbocycles. The summed E-state index contributed by atoms with van der Waals surface area (Å²) in [4.78, 5) is 14.4. The molecule has 1 atom stereocenters. The highest BCUT2D eigenvalue weighted by Gasteiger charge is 2.21. The molecule has 0 radical (unpaired) electrons. The quantitative estimate of drug-likeness (QED) is 0.689. The molecular formula is C13H11ClN2O4. The van der Waals surface area contributed by atoms with Crippen LogP contribution < -0.4 is 4.74 Å². The normalized spacial score (nSPS) is 11.9. The van der Waals surface area contributed by atoms with Gasteiger partial charge in [0.25, 0.3) is 0 Å². The molecule has 7 heteroatoms. The summed E-state index contributed by atoms with van der Waals surface area (Å²) in [6.07, 6.45) is 0.643. The van der Waals surface area contributed by atoms with E-state index in [-0.39, 0.29) is 22.3 Å². The van der Waals surface area contributed by atoms with Crippen molar-refractivity contribution in [2.24, 2.45) is 0 Å². The summed E-state index contributed by atoms with van der Waals surface area (Å²) in [5.74, 6) is -0.0153. The molecule has 0 aliphatic rings. The Bertz CT molecular complexity index is 646. The topological polar surface area (TPSA) is 85.5 Å². The molecule has 1 heterocycles. The van der Waals surface area contributed by atoms with Gasteiger partial charge in [-0.1, -0.05) is 17.7 Å². The fraction of sp³-hybridized carbons (Fsp3) is 0.154. The Labute approximate surface area is 119 Å². The minimum absolute atomic E-state index is 0.0821. The Balaban J connectivity index is 2.48. The average molecular weight is 295 g/mol. The standard InChI is InChI=1S/C13H11ClN2O4/c1-8(17)9-4-3-7-15-13(9)20-12-10(14)5-2-6-11(12)16(18)19/h2-8,17H,1H3/t8-/m1/s1. The van der Waals surface area contributed by atoms with Crippen LogP contribution in [0.15, 0.2) is 36.5 Å². The zero-order valence-electron chi connectivity index (χ0n) is 10.5. The summed E-state index contributed by atoms with van der Waals surface area (Å²) in [5, 5.41) is 20.7. The van der Waals surface area contributed by atoms with E-state index in [0.717, 1.165) is 0 Å². The van der Waals surface area contributed by atoms with E-state index in [1.807, 2.05) is 0 Å². The van der Waals surface area contributed by atoms with Crippen LogP contribution in [0.4, 0.5) is 5.69 Å². The number of hydrogen-bond acceptors (Lipinski definition) is 5. The summed E-state index contributed by atoms with van der Waals surface area (Å²) in [7, 11) is 0. The van der Waals surface area contributed by atoms with Crippen molar-refractivity contribution >= 4 is 17.3 Å². The van der Waals surface area contributed by atoms with Crippen molar-refractivity contribution in [3.8, 4) is 11.6 Å². The fourth-order valence-corrected chi connectivity index (χ4v) is 1.85. The highest BCUT2D eigenvalue weighted by atomic mass is 35.5. The molecule has 6 nitrogen and oxygen atoms in total. The molecule has 0 saturated carbocycles. The fourth-order valence-electron chi connectivity index (χ4n) is 1.65. The molecule has 0 unspecified atom stereocenters. The van der Waals surface area contributed by atoms with Gasteiger partial charge in [0.15, 0.2) is 0 Å². The van der Waals surface area contributed by atoms with Crippen molar-refractivity contribution in [2.45, 2.75) is 13.0 Å². The van der Waals surface area contributed by atoms with Crippen molar-refractivity contribution in [3.05, 3.63) is 57.2 Å². The number of aliphatic hydroxyl groups is 1. The number of nitro groups is 1. The van der Waals surface area contributed by atoms with Crippen LogP contribution in [0.25, 0.3) is 0 Å². The predicted octanol–water partition coefficient (Wildman–Crippen LogP) is 3.49. The van der Waals surface area contributed by atoms with Gasteiger partial charge in [0.1, 0.15) is 0 Å². The lowest BCUT2D eigenvalue weighted by atomic mass is 10.2. The number of pyridine rings is 1. The number of ether oxygens (including phenoxy) is 1. The van der Waals surface area contributed by atoms with Crippen LogP contribution in [-0.2, 0) is 0 Å². The summed E-state index contributed by atoms with van der Waals surface area (Å²) < 4.78 is 5.45. The van der Waals surface area contributed by atoms with Gasteiger partial charge < -0.3 is 9.84 Å². The van der Waals surface area contributed by atoms with Crippen LogP contribution in [0.5, 0.6) is 11.6 Å². The zero-order chi connectivity index (χ0) is 14.7. The summed E-state index contributed by atoms with van der Waals surface area (Å²) in [6, 6.07) is 7.48. The van der Waals surface area contributed by atoms with E-state index in [4.69, 9.17) is 16.3 Å². The van der Waals surface area contributed by atoms with Gasteiger partial charge in [0.05, 0.1) is 16.0 Å². The highest BCUT2D eigenvalue weighted by Crippen LogP contribution is 2.38. The SMILES string of the molecule is C[C@@H](O)c1cccnc1Oc1c(Cl)cccc1[N+](=O)[O-]. The monoisotopic (exact) mass is 294 g/mol. The first-order valence-electron chi connectivity index (χ1n) is 5.74. The molecule has 2 aromatic rings. The number of nitro benzene ring substituents is 1. The lowest BCUT2D eigenvalue weighted by Crippen LogP contribution is -2.00. The average Bonchev–Trinajstić information content (AvgIpc) is 2.41. The van der Waals surface area contributed by atoms with Gasteiger partial charge in [-0.2, -0.15) is 0 Å². The number of para-hydroxylation sites is 1. The van der Waals surface area contributed by atoms with Gasteiger partial charge >= 0.3 is 5.69 Å². The Kier molecular flexibility index (Phi) is 4.16. The minimum Gasteiger partial charge on any atom is -0.430 e. The minimum atomic E-state index is -0.819. The smallest absolute Gasteiger partial charge is 0.313 e. The molecule has 0 amide bonds. The first-order valence-corrected chi connectivity index (χ1v) is 6.12. The number of benzene rings is 1. The van der Waals surface area contributed by atoms with Crippen molar-refractivity contribution in [1.29, 1.82) is 0 Å². The van der Waals surface area contributed by atoms with Crippen LogP contribution in [0.2, 0.25) is 5.02 Å². The first-order chi connectivity index (χ1) is 9.50. The second-order valence-electron chi connectivity index (χ2n) is 4.02. The van der Waals surface area contributed by atoms with Crippen LogP contribution in [0.3, 0.4) is 0 Å². The molecule has 0 bridgehead atoms. The first kappa shape index (κ1) is 14.2. The third kappa shape index (κ3) is 2.87. The van der Waals surface area contributed by atoms with Crippen molar-refractivity contribution in [1.82, 2.24) is 4.98 Å². The Morgan fingerprint density at radius 3 is 2.80 bits per heavy atom. The number of aliphatic hydroxyl groups excluding tert-OH is 1. The Morgan fingerprint density at radius 2 is 2.15 bits per heavy atom. The van der Waals surface area contributed by atoms with E-state index in [9.17, 15) is 15.2 Å². The van der Waals surface area contributed by atoms with Crippen LogP contribution in [0.1, 0.15) is 18.6 Å².